The Morgan fingerprint density at radius 2 is 1.69 bits per heavy atom. The molecule has 2 heterocycles. The Morgan fingerprint density at radius 1 is 1.00 bits per heavy atom. The van der Waals surface area contributed by atoms with Crippen LogP contribution in [0, 0.1) is 18.8 Å². The summed E-state index contributed by atoms with van der Waals surface area (Å²) in [5.74, 6) is 0.901. The Morgan fingerprint density at radius 3 is 2.36 bits per heavy atom. The standard InChI is InChI=1S/C31H46ClN3O4/c1-21-18-33(12-13-35(21)29(37)24-8-6-7-9-24)20-26-16-27(32)15-25(22(26)2)17-28(36)14-23-10-11-34(19-23)30(38)39-31(3,4)5/h15-16,21,23-24H,6-14,17-20H2,1-5H3/t21-,23?/m0/s1. The average Bonchev–Trinajstić information content (AvgIpc) is 3.53. The fourth-order valence-electron chi connectivity index (χ4n) is 6.40. The van der Waals surface area contributed by atoms with Crippen molar-refractivity contribution in [1.29, 1.82) is 0 Å². The van der Waals surface area contributed by atoms with Gasteiger partial charge in [-0.25, -0.2) is 4.79 Å². The maximum absolute atomic E-state index is 13.1. The first kappa shape index (κ1) is 29.9. The van der Waals surface area contributed by atoms with E-state index in [1.54, 1.807) is 4.90 Å². The zero-order valence-corrected chi connectivity index (χ0v) is 25.2. The number of rotatable bonds is 7. The molecule has 3 fully saturated rings. The highest BCUT2D eigenvalue weighted by Crippen LogP contribution is 2.29. The molecule has 39 heavy (non-hydrogen) atoms. The predicted molar refractivity (Wildman–Crippen MR) is 154 cm³/mol. The lowest BCUT2D eigenvalue weighted by atomic mass is 9.93. The van der Waals surface area contributed by atoms with Crippen LogP contribution in [-0.4, -0.2) is 76.9 Å². The van der Waals surface area contributed by atoms with Gasteiger partial charge >= 0.3 is 6.09 Å². The molecule has 1 aromatic carbocycles. The van der Waals surface area contributed by atoms with Gasteiger partial charge in [0.05, 0.1) is 0 Å². The summed E-state index contributed by atoms with van der Waals surface area (Å²) in [6.07, 6.45) is 5.75. The normalized spacial score (nSPS) is 22.9. The van der Waals surface area contributed by atoms with E-state index in [1.807, 2.05) is 32.9 Å². The Bertz CT molecular complexity index is 1060. The number of ketones is 1. The monoisotopic (exact) mass is 559 g/mol. The van der Waals surface area contributed by atoms with Gasteiger partial charge in [-0.05, 0) is 88.6 Å². The molecule has 0 aromatic heterocycles. The number of benzene rings is 1. The molecule has 0 spiro atoms. The van der Waals surface area contributed by atoms with Crippen LogP contribution >= 0.6 is 11.6 Å². The van der Waals surface area contributed by atoms with Crippen LogP contribution in [-0.2, 0) is 27.3 Å². The van der Waals surface area contributed by atoms with Gasteiger partial charge in [0.2, 0.25) is 5.91 Å². The van der Waals surface area contributed by atoms with Crippen molar-refractivity contribution in [2.75, 3.05) is 32.7 Å². The third-order valence-corrected chi connectivity index (χ3v) is 8.74. The second kappa shape index (κ2) is 12.6. The SMILES string of the molecule is Cc1c(CC(=O)CC2CCN(C(=O)OC(C)(C)C)C2)cc(Cl)cc1CN1CCN(C(=O)C2CCCC2)[C@@H](C)C1. The quantitative estimate of drug-likeness (QED) is 0.433. The van der Waals surface area contributed by atoms with E-state index in [4.69, 9.17) is 16.3 Å². The molecule has 7 nitrogen and oxygen atoms in total. The zero-order valence-electron chi connectivity index (χ0n) is 24.4. The van der Waals surface area contributed by atoms with E-state index < -0.39 is 5.60 Å². The number of hydrogen-bond acceptors (Lipinski definition) is 5. The third-order valence-electron chi connectivity index (χ3n) is 8.52. The van der Waals surface area contributed by atoms with Gasteiger partial charge in [0.25, 0.3) is 0 Å². The van der Waals surface area contributed by atoms with Gasteiger partial charge in [0, 0.05) is 69.1 Å². The lowest BCUT2D eigenvalue weighted by Gasteiger charge is -2.41. The van der Waals surface area contributed by atoms with Gasteiger partial charge in [0.15, 0.2) is 0 Å². The number of nitrogens with zero attached hydrogens (tertiary/aromatic N) is 3. The van der Waals surface area contributed by atoms with Crippen LogP contribution in [0.15, 0.2) is 12.1 Å². The van der Waals surface area contributed by atoms with Crippen LogP contribution < -0.4 is 0 Å². The maximum atomic E-state index is 13.1. The second-order valence-electron chi connectivity index (χ2n) is 12.9. The first-order valence-electron chi connectivity index (χ1n) is 14.7. The summed E-state index contributed by atoms with van der Waals surface area (Å²) in [7, 11) is 0. The predicted octanol–water partition coefficient (Wildman–Crippen LogP) is 5.63. The van der Waals surface area contributed by atoms with Gasteiger partial charge in [0.1, 0.15) is 11.4 Å². The number of Topliss-reactive ketones (excluding diaryl/α,β-unsaturated/α-hetero) is 1. The fourth-order valence-corrected chi connectivity index (χ4v) is 6.66. The Kier molecular flexibility index (Phi) is 9.64. The Hall–Kier alpha value is -2.12. The van der Waals surface area contributed by atoms with E-state index in [1.165, 1.54) is 12.8 Å². The molecule has 0 N–H and O–H groups in total. The van der Waals surface area contributed by atoms with E-state index >= 15 is 0 Å². The molecule has 4 rings (SSSR count). The molecule has 0 bridgehead atoms. The van der Waals surface area contributed by atoms with Crippen molar-refractivity contribution in [3.63, 3.8) is 0 Å². The third kappa shape index (κ3) is 7.97. The number of hydrogen-bond donors (Lipinski definition) is 0. The van der Waals surface area contributed by atoms with Gasteiger partial charge in [-0.1, -0.05) is 24.4 Å². The van der Waals surface area contributed by atoms with Crippen LogP contribution in [0.1, 0.15) is 82.9 Å². The Balaban J connectivity index is 1.31. The van der Waals surface area contributed by atoms with Crippen LogP contribution in [0.4, 0.5) is 4.79 Å². The van der Waals surface area contributed by atoms with Gasteiger partial charge < -0.3 is 14.5 Å². The van der Waals surface area contributed by atoms with Crippen LogP contribution in [0.25, 0.3) is 0 Å². The summed E-state index contributed by atoms with van der Waals surface area (Å²) in [5, 5.41) is 0.651. The van der Waals surface area contributed by atoms with E-state index in [0.29, 0.717) is 36.9 Å². The van der Waals surface area contributed by atoms with Crippen LogP contribution in [0.5, 0.6) is 0 Å². The van der Waals surface area contributed by atoms with Crippen molar-refractivity contribution in [3.8, 4) is 0 Å². The van der Waals surface area contributed by atoms with Crippen molar-refractivity contribution in [1.82, 2.24) is 14.7 Å². The maximum Gasteiger partial charge on any atom is 0.410 e. The molecule has 216 valence electrons. The van der Waals surface area contributed by atoms with Crippen molar-refractivity contribution >= 4 is 29.4 Å². The molecule has 1 aliphatic carbocycles. The topological polar surface area (TPSA) is 70.2 Å². The molecule has 1 saturated carbocycles. The van der Waals surface area contributed by atoms with Crippen LogP contribution in [0.3, 0.4) is 0 Å². The number of amides is 2. The number of likely N-dealkylation sites (tertiary alicyclic amines) is 1. The lowest BCUT2D eigenvalue weighted by molar-refractivity contribution is -0.140. The molecule has 2 atom stereocenters. The minimum absolute atomic E-state index is 0.161. The molecule has 1 unspecified atom stereocenters. The highest BCUT2D eigenvalue weighted by molar-refractivity contribution is 6.30. The first-order chi connectivity index (χ1) is 18.4. The number of carbonyl (C=O) groups is 3. The lowest BCUT2D eigenvalue weighted by Crippen LogP contribution is -2.54. The average molecular weight is 560 g/mol. The van der Waals surface area contributed by atoms with E-state index in [2.05, 4.69) is 23.6 Å². The first-order valence-corrected chi connectivity index (χ1v) is 15.1. The summed E-state index contributed by atoms with van der Waals surface area (Å²) < 4.78 is 5.49. The highest BCUT2D eigenvalue weighted by Gasteiger charge is 2.34. The second-order valence-corrected chi connectivity index (χ2v) is 13.4. The number of carbonyl (C=O) groups excluding carboxylic acids is 3. The molecule has 2 amide bonds. The van der Waals surface area contributed by atoms with Crippen LogP contribution in [0.2, 0.25) is 5.02 Å². The number of piperazine rings is 1. The van der Waals surface area contributed by atoms with Gasteiger partial charge in [-0.3, -0.25) is 14.5 Å². The molecule has 2 aliphatic heterocycles. The molecule has 0 radical (unpaired) electrons. The number of ether oxygens (including phenoxy) is 1. The van der Waals surface area contributed by atoms with E-state index in [9.17, 15) is 14.4 Å². The van der Waals surface area contributed by atoms with Gasteiger partial charge in [-0.15, -0.1) is 0 Å². The highest BCUT2D eigenvalue weighted by atomic mass is 35.5. The largest absolute Gasteiger partial charge is 0.444 e. The zero-order chi connectivity index (χ0) is 28.3. The van der Waals surface area contributed by atoms with Crippen molar-refractivity contribution in [2.24, 2.45) is 11.8 Å². The summed E-state index contributed by atoms with van der Waals surface area (Å²) in [5.41, 5.74) is 2.72. The smallest absolute Gasteiger partial charge is 0.410 e. The molecule has 1 aromatic rings. The van der Waals surface area contributed by atoms with Crippen molar-refractivity contribution < 1.29 is 19.1 Å². The van der Waals surface area contributed by atoms with E-state index in [0.717, 1.165) is 62.1 Å². The minimum atomic E-state index is -0.523. The van der Waals surface area contributed by atoms with Gasteiger partial charge in [-0.2, -0.15) is 0 Å². The van der Waals surface area contributed by atoms with Crippen molar-refractivity contribution in [2.45, 2.75) is 97.8 Å². The molecular formula is C31H46ClN3O4. The molecular weight excluding hydrogens is 514 g/mol. The fraction of sp³-hybridized carbons (Fsp3) is 0.710. The number of halogens is 1. The van der Waals surface area contributed by atoms with E-state index in [-0.39, 0.29) is 29.8 Å². The van der Waals surface area contributed by atoms with Crippen molar-refractivity contribution in [3.05, 3.63) is 33.8 Å². The summed E-state index contributed by atoms with van der Waals surface area (Å²) in [4.78, 5) is 44.6. The minimum Gasteiger partial charge on any atom is -0.444 e. The molecule has 3 aliphatic rings. The Labute approximate surface area is 239 Å². The molecule has 2 saturated heterocycles. The molecule has 8 heteroatoms. The summed E-state index contributed by atoms with van der Waals surface area (Å²) in [6, 6.07) is 4.13. The summed E-state index contributed by atoms with van der Waals surface area (Å²) in [6.45, 7) is 14.2. The summed E-state index contributed by atoms with van der Waals surface area (Å²) >= 11 is 6.53.